The van der Waals surface area contributed by atoms with Crippen LogP contribution in [0, 0.1) is 17.0 Å². The van der Waals surface area contributed by atoms with Crippen LogP contribution in [0.5, 0.6) is 0 Å². The summed E-state index contributed by atoms with van der Waals surface area (Å²) in [6, 6.07) is 11.5. The Bertz CT molecular complexity index is 1050. The maximum atomic E-state index is 12.3. The Morgan fingerprint density at radius 2 is 1.97 bits per heavy atom. The highest BCUT2D eigenvalue weighted by atomic mass is 35.5. The van der Waals surface area contributed by atoms with Gasteiger partial charge in [-0.25, -0.2) is 8.42 Å². The van der Waals surface area contributed by atoms with Crippen LogP contribution in [0.25, 0.3) is 0 Å². The maximum Gasteiger partial charge on any atom is 0.271 e. The van der Waals surface area contributed by atoms with Gasteiger partial charge >= 0.3 is 0 Å². The van der Waals surface area contributed by atoms with Gasteiger partial charge in [-0.2, -0.15) is 11.8 Å². The first-order valence-electron chi connectivity index (χ1n) is 9.40. The monoisotopic (exact) mass is 485 g/mol. The third-order valence-electron chi connectivity index (χ3n) is 4.36. The Balaban J connectivity index is 1.89. The minimum atomic E-state index is -3.82. The number of amides is 1. The van der Waals surface area contributed by atoms with Crippen molar-refractivity contribution in [3.63, 3.8) is 0 Å². The van der Waals surface area contributed by atoms with Gasteiger partial charge in [0.2, 0.25) is 15.9 Å². The molecule has 0 spiro atoms. The van der Waals surface area contributed by atoms with E-state index in [1.165, 1.54) is 12.1 Å². The molecular weight excluding hydrogens is 462 g/mol. The van der Waals surface area contributed by atoms with Crippen molar-refractivity contribution >= 4 is 50.7 Å². The Morgan fingerprint density at radius 1 is 1.26 bits per heavy atom. The standard InChI is InChI=1S/C20H24ClN3O5S2/c1-15-8-9-17(24(26)27)12-19(15)23(31(2,28)29)13-20(25)22-10-5-11-30-14-16-6-3-4-7-18(16)21/h3-4,6-9,12H,5,10-11,13-14H2,1-2H3,(H,22,25). The number of thioether (sulfide) groups is 1. The topological polar surface area (TPSA) is 110 Å². The summed E-state index contributed by atoms with van der Waals surface area (Å²) in [4.78, 5) is 22.8. The van der Waals surface area contributed by atoms with Crippen LogP contribution in [0.4, 0.5) is 11.4 Å². The number of nitrogens with one attached hydrogen (secondary N) is 1. The van der Waals surface area contributed by atoms with Crippen LogP contribution in [0.3, 0.4) is 0 Å². The number of hydrogen-bond donors (Lipinski definition) is 1. The highest BCUT2D eigenvalue weighted by Gasteiger charge is 2.24. The van der Waals surface area contributed by atoms with Crippen LogP contribution in [-0.4, -0.2) is 44.3 Å². The van der Waals surface area contributed by atoms with Crippen molar-refractivity contribution in [1.82, 2.24) is 5.32 Å². The molecule has 2 aromatic rings. The number of carbonyl (C=O) groups is 1. The van der Waals surface area contributed by atoms with Gasteiger partial charge in [-0.1, -0.05) is 35.9 Å². The predicted octanol–water partition coefficient (Wildman–Crippen LogP) is 3.76. The van der Waals surface area contributed by atoms with Gasteiger partial charge < -0.3 is 5.32 Å². The average Bonchev–Trinajstić information content (AvgIpc) is 2.69. The lowest BCUT2D eigenvalue weighted by Crippen LogP contribution is -2.41. The average molecular weight is 486 g/mol. The second-order valence-corrected chi connectivity index (χ2v) is 10.3. The van der Waals surface area contributed by atoms with E-state index in [9.17, 15) is 23.3 Å². The number of nitrogens with zero attached hydrogens (tertiary/aromatic N) is 2. The van der Waals surface area contributed by atoms with Gasteiger partial charge in [0.1, 0.15) is 6.54 Å². The Kier molecular flexibility index (Phi) is 9.15. The van der Waals surface area contributed by atoms with E-state index < -0.39 is 27.4 Å². The summed E-state index contributed by atoms with van der Waals surface area (Å²) < 4.78 is 25.4. The summed E-state index contributed by atoms with van der Waals surface area (Å²) in [6.07, 6.45) is 1.67. The molecule has 0 unspecified atom stereocenters. The lowest BCUT2D eigenvalue weighted by Gasteiger charge is -2.23. The van der Waals surface area contributed by atoms with Crippen LogP contribution >= 0.6 is 23.4 Å². The van der Waals surface area contributed by atoms with Gasteiger partial charge in [-0.3, -0.25) is 19.2 Å². The first-order chi connectivity index (χ1) is 14.6. The molecule has 0 atom stereocenters. The number of nitro groups is 1. The summed E-state index contributed by atoms with van der Waals surface area (Å²) in [5, 5.41) is 14.5. The van der Waals surface area contributed by atoms with E-state index in [0.29, 0.717) is 18.5 Å². The molecule has 0 saturated heterocycles. The SMILES string of the molecule is Cc1ccc([N+](=O)[O-])cc1N(CC(=O)NCCCSCc1ccccc1Cl)S(C)(=O)=O. The molecule has 11 heteroatoms. The molecule has 1 N–H and O–H groups in total. The van der Waals surface area contributed by atoms with Crippen LogP contribution in [0.15, 0.2) is 42.5 Å². The first kappa shape index (κ1) is 25.0. The van der Waals surface area contributed by atoms with Crippen molar-refractivity contribution in [2.75, 3.05) is 29.4 Å². The minimum absolute atomic E-state index is 0.113. The Hall–Kier alpha value is -2.30. The van der Waals surface area contributed by atoms with Crippen molar-refractivity contribution < 1.29 is 18.1 Å². The van der Waals surface area contributed by atoms with E-state index >= 15 is 0 Å². The number of aryl methyl sites for hydroxylation is 1. The number of rotatable bonds is 11. The van der Waals surface area contributed by atoms with Crippen molar-refractivity contribution in [1.29, 1.82) is 0 Å². The van der Waals surface area contributed by atoms with Crippen molar-refractivity contribution in [3.8, 4) is 0 Å². The zero-order chi connectivity index (χ0) is 23.0. The smallest absolute Gasteiger partial charge is 0.271 e. The number of benzene rings is 2. The fraction of sp³-hybridized carbons (Fsp3) is 0.350. The van der Waals surface area contributed by atoms with E-state index in [1.54, 1.807) is 18.7 Å². The van der Waals surface area contributed by atoms with E-state index in [2.05, 4.69) is 5.32 Å². The van der Waals surface area contributed by atoms with Gasteiger partial charge in [-0.05, 0) is 36.3 Å². The second-order valence-electron chi connectivity index (χ2n) is 6.85. The maximum absolute atomic E-state index is 12.3. The normalized spacial score (nSPS) is 11.2. The third-order valence-corrected chi connectivity index (χ3v) is 6.95. The molecule has 0 saturated carbocycles. The second kappa shape index (κ2) is 11.4. The van der Waals surface area contributed by atoms with Crippen LogP contribution in [-0.2, 0) is 20.6 Å². The van der Waals surface area contributed by atoms with Crippen molar-refractivity contribution in [3.05, 3.63) is 68.7 Å². The molecule has 8 nitrogen and oxygen atoms in total. The van der Waals surface area contributed by atoms with Gasteiger partial charge in [0, 0.05) is 29.5 Å². The number of anilines is 1. The van der Waals surface area contributed by atoms with E-state index in [1.807, 2.05) is 24.3 Å². The molecule has 2 aromatic carbocycles. The molecule has 0 radical (unpaired) electrons. The predicted molar refractivity (Wildman–Crippen MR) is 125 cm³/mol. The number of halogens is 1. The molecule has 0 fully saturated rings. The molecule has 0 aliphatic rings. The quantitative estimate of drug-likeness (QED) is 0.295. The molecule has 0 aliphatic carbocycles. The van der Waals surface area contributed by atoms with Gasteiger partial charge in [0.05, 0.1) is 16.9 Å². The summed E-state index contributed by atoms with van der Waals surface area (Å²) in [6.45, 7) is 1.57. The molecular formula is C20H24ClN3O5S2. The molecule has 0 aromatic heterocycles. The van der Waals surface area contributed by atoms with E-state index in [-0.39, 0.29) is 11.4 Å². The lowest BCUT2D eigenvalue weighted by atomic mass is 10.2. The number of sulfonamides is 1. The molecule has 0 bridgehead atoms. The molecule has 0 aliphatic heterocycles. The number of non-ortho nitro benzene ring substituents is 1. The minimum Gasteiger partial charge on any atom is -0.354 e. The number of nitro benzene ring substituents is 1. The molecule has 1 amide bonds. The van der Waals surface area contributed by atoms with Gasteiger partial charge in [-0.15, -0.1) is 0 Å². The lowest BCUT2D eigenvalue weighted by molar-refractivity contribution is -0.384. The first-order valence-corrected chi connectivity index (χ1v) is 12.8. The number of carbonyl (C=O) groups excluding carboxylic acids is 1. The number of hydrogen-bond acceptors (Lipinski definition) is 6. The summed E-state index contributed by atoms with van der Waals surface area (Å²) in [5.74, 6) is 1.08. The Morgan fingerprint density at radius 3 is 2.61 bits per heavy atom. The fourth-order valence-electron chi connectivity index (χ4n) is 2.75. The van der Waals surface area contributed by atoms with Crippen molar-refractivity contribution in [2.24, 2.45) is 0 Å². The summed E-state index contributed by atoms with van der Waals surface area (Å²) in [7, 11) is -3.82. The summed E-state index contributed by atoms with van der Waals surface area (Å²) >= 11 is 7.81. The Labute approximate surface area is 191 Å². The van der Waals surface area contributed by atoms with Gasteiger partial charge in [0.25, 0.3) is 5.69 Å². The van der Waals surface area contributed by atoms with Gasteiger partial charge in [0.15, 0.2) is 0 Å². The largest absolute Gasteiger partial charge is 0.354 e. The van der Waals surface area contributed by atoms with E-state index in [0.717, 1.165) is 38.7 Å². The molecule has 31 heavy (non-hydrogen) atoms. The molecule has 0 heterocycles. The third kappa shape index (κ3) is 7.71. The fourth-order valence-corrected chi connectivity index (χ4v) is 4.90. The zero-order valence-corrected chi connectivity index (χ0v) is 19.6. The zero-order valence-electron chi connectivity index (χ0n) is 17.2. The van der Waals surface area contributed by atoms with E-state index in [4.69, 9.17) is 11.6 Å². The molecule has 2 rings (SSSR count). The highest BCUT2D eigenvalue weighted by Crippen LogP contribution is 2.27. The molecule has 168 valence electrons. The summed E-state index contributed by atoms with van der Waals surface area (Å²) in [5.41, 5.74) is 1.43. The van der Waals surface area contributed by atoms with Crippen molar-refractivity contribution in [2.45, 2.75) is 19.1 Å². The van der Waals surface area contributed by atoms with Crippen LogP contribution < -0.4 is 9.62 Å². The highest BCUT2D eigenvalue weighted by molar-refractivity contribution is 7.98. The van der Waals surface area contributed by atoms with Crippen LogP contribution in [0.2, 0.25) is 5.02 Å². The van der Waals surface area contributed by atoms with Crippen LogP contribution in [0.1, 0.15) is 17.5 Å².